The molecule has 0 aliphatic heterocycles. The maximum atomic E-state index is 4.38. The molecule has 0 aliphatic carbocycles. The molecule has 22 heavy (non-hydrogen) atoms. The van der Waals surface area contributed by atoms with E-state index in [4.69, 9.17) is 0 Å². The van der Waals surface area contributed by atoms with E-state index in [1.165, 1.54) is 10.8 Å². The van der Waals surface area contributed by atoms with Crippen LogP contribution in [0.1, 0.15) is 5.82 Å². The molecule has 3 nitrogen and oxygen atoms in total. The molecule has 0 atom stereocenters. The summed E-state index contributed by atoms with van der Waals surface area (Å²) in [5, 5.41) is 11.1. The van der Waals surface area contributed by atoms with Gasteiger partial charge in [0.25, 0.3) is 0 Å². The third kappa shape index (κ3) is 2.07. The fourth-order valence-electron chi connectivity index (χ4n) is 2.76. The van der Waals surface area contributed by atoms with Crippen LogP contribution < -0.4 is 0 Å². The third-order valence-electron chi connectivity index (χ3n) is 3.85. The maximum Gasteiger partial charge on any atom is 0.168 e. The van der Waals surface area contributed by atoms with Gasteiger partial charge in [-0.05, 0) is 35.9 Å². The van der Waals surface area contributed by atoms with Crippen LogP contribution in [-0.2, 0) is 0 Å². The first-order valence-electron chi connectivity index (χ1n) is 7.29. The van der Waals surface area contributed by atoms with Crippen LogP contribution in [0.2, 0.25) is 0 Å². The third-order valence-corrected chi connectivity index (χ3v) is 3.85. The highest BCUT2D eigenvalue weighted by molar-refractivity contribution is 5.86. The van der Waals surface area contributed by atoms with Gasteiger partial charge in [-0.1, -0.05) is 54.6 Å². The molecule has 0 saturated heterocycles. The Labute approximate surface area is 128 Å². The molecule has 4 aromatic rings. The van der Waals surface area contributed by atoms with Crippen molar-refractivity contribution in [3.63, 3.8) is 0 Å². The van der Waals surface area contributed by atoms with Gasteiger partial charge >= 0.3 is 0 Å². The van der Waals surface area contributed by atoms with Crippen molar-refractivity contribution >= 4 is 10.8 Å². The topological polar surface area (TPSA) is 30.7 Å². The van der Waals surface area contributed by atoms with Crippen molar-refractivity contribution in [2.45, 2.75) is 6.92 Å². The minimum atomic E-state index is 0.870. The zero-order valence-corrected chi connectivity index (χ0v) is 12.3. The van der Waals surface area contributed by atoms with E-state index in [9.17, 15) is 0 Å². The molecule has 0 unspecified atom stereocenters. The molecule has 106 valence electrons. The molecule has 0 fully saturated rings. The maximum absolute atomic E-state index is 4.38. The Morgan fingerprint density at radius 3 is 2.27 bits per heavy atom. The lowest BCUT2D eigenvalue weighted by Gasteiger charge is -2.09. The first-order valence-corrected chi connectivity index (χ1v) is 7.29. The van der Waals surface area contributed by atoms with Gasteiger partial charge in [0, 0.05) is 11.3 Å². The summed E-state index contributed by atoms with van der Waals surface area (Å²) in [6, 6.07) is 24.9. The molecular formula is C19H15N3. The van der Waals surface area contributed by atoms with Crippen LogP contribution >= 0.6 is 0 Å². The molecule has 3 heteroatoms. The molecule has 0 radical (unpaired) electrons. The first kappa shape index (κ1) is 12.8. The number of benzene rings is 3. The average molecular weight is 285 g/mol. The Morgan fingerprint density at radius 2 is 1.45 bits per heavy atom. The second-order valence-electron chi connectivity index (χ2n) is 5.30. The van der Waals surface area contributed by atoms with E-state index in [0.717, 1.165) is 22.9 Å². The number of hydrogen-bond donors (Lipinski definition) is 0. The van der Waals surface area contributed by atoms with Crippen LogP contribution in [0.4, 0.5) is 0 Å². The Kier molecular flexibility index (Phi) is 2.97. The van der Waals surface area contributed by atoms with Crippen LogP contribution in [0.3, 0.4) is 0 Å². The van der Waals surface area contributed by atoms with Gasteiger partial charge in [-0.15, -0.1) is 10.2 Å². The van der Waals surface area contributed by atoms with E-state index in [1.807, 2.05) is 25.1 Å². The summed E-state index contributed by atoms with van der Waals surface area (Å²) in [4.78, 5) is 0. The van der Waals surface area contributed by atoms with Gasteiger partial charge in [-0.3, -0.25) is 4.57 Å². The summed E-state index contributed by atoms with van der Waals surface area (Å²) in [6.07, 6.45) is 0. The number of para-hydroxylation sites is 1. The highest BCUT2D eigenvalue weighted by atomic mass is 15.3. The first-order chi connectivity index (χ1) is 10.8. The van der Waals surface area contributed by atoms with Gasteiger partial charge in [-0.25, -0.2) is 0 Å². The number of rotatable bonds is 2. The van der Waals surface area contributed by atoms with Crippen LogP contribution in [0.15, 0.2) is 72.8 Å². The number of nitrogens with zero attached hydrogens (tertiary/aromatic N) is 3. The molecule has 0 bridgehead atoms. The van der Waals surface area contributed by atoms with Gasteiger partial charge in [-0.2, -0.15) is 0 Å². The number of hydrogen-bond acceptors (Lipinski definition) is 2. The van der Waals surface area contributed by atoms with Crippen molar-refractivity contribution in [3.05, 3.63) is 78.6 Å². The van der Waals surface area contributed by atoms with Crippen LogP contribution in [-0.4, -0.2) is 14.8 Å². The van der Waals surface area contributed by atoms with Crippen molar-refractivity contribution in [3.8, 4) is 17.1 Å². The van der Waals surface area contributed by atoms with Crippen molar-refractivity contribution in [1.82, 2.24) is 14.8 Å². The average Bonchev–Trinajstić information content (AvgIpc) is 2.97. The largest absolute Gasteiger partial charge is 0.279 e. The minimum Gasteiger partial charge on any atom is -0.279 e. The van der Waals surface area contributed by atoms with Crippen LogP contribution in [0.5, 0.6) is 0 Å². The Morgan fingerprint density at radius 1 is 0.727 bits per heavy atom. The zero-order chi connectivity index (χ0) is 14.9. The van der Waals surface area contributed by atoms with E-state index < -0.39 is 0 Å². The Balaban J connectivity index is 1.92. The summed E-state index contributed by atoms with van der Waals surface area (Å²) in [5.74, 6) is 1.75. The zero-order valence-electron chi connectivity index (χ0n) is 12.3. The van der Waals surface area contributed by atoms with Crippen molar-refractivity contribution in [1.29, 1.82) is 0 Å². The van der Waals surface area contributed by atoms with Crippen LogP contribution in [0, 0.1) is 6.92 Å². The summed E-state index contributed by atoms with van der Waals surface area (Å²) in [5.41, 5.74) is 2.15. The molecule has 0 amide bonds. The highest BCUT2D eigenvalue weighted by Crippen LogP contribution is 2.26. The molecule has 4 rings (SSSR count). The van der Waals surface area contributed by atoms with Crippen molar-refractivity contribution in [2.24, 2.45) is 0 Å². The highest BCUT2D eigenvalue weighted by Gasteiger charge is 2.12. The predicted molar refractivity (Wildman–Crippen MR) is 89.0 cm³/mol. The molecule has 1 aromatic heterocycles. The fraction of sp³-hybridized carbons (Fsp3) is 0.0526. The van der Waals surface area contributed by atoms with Crippen LogP contribution in [0.25, 0.3) is 27.8 Å². The normalized spacial score (nSPS) is 11.0. The summed E-state index contributed by atoms with van der Waals surface area (Å²) >= 11 is 0. The molecule has 1 heterocycles. The Hall–Kier alpha value is -2.94. The number of aromatic nitrogens is 3. The van der Waals surface area contributed by atoms with Crippen molar-refractivity contribution < 1.29 is 0 Å². The SMILES string of the molecule is Cc1nnc(-c2ccc3ccccc3c2)n1-c1ccccc1. The molecule has 0 spiro atoms. The monoisotopic (exact) mass is 285 g/mol. The predicted octanol–water partition coefficient (Wildman–Crippen LogP) is 4.40. The second kappa shape index (κ2) is 5.11. The second-order valence-corrected chi connectivity index (χ2v) is 5.30. The fourth-order valence-corrected chi connectivity index (χ4v) is 2.76. The molecule has 0 N–H and O–H groups in total. The lowest BCUT2D eigenvalue weighted by Crippen LogP contribution is -1.99. The lowest BCUT2D eigenvalue weighted by molar-refractivity contribution is 0.972. The molecular weight excluding hydrogens is 270 g/mol. The molecule has 0 saturated carbocycles. The minimum absolute atomic E-state index is 0.870. The van der Waals surface area contributed by atoms with Gasteiger partial charge in [0.2, 0.25) is 0 Å². The van der Waals surface area contributed by atoms with Crippen molar-refractivity contribution in [2.75, 3.05) is 0 Å². The van der Waals surface area contributed by atoms with Gasteiger partial charge in [0.1, 0.15) is 5.82 Å². The number of aryl methyl sites for hydroxylation is 1. The Bertz CT molecular complexity index is 939. The summed E-state index contributed by atoms with van der Waals surface area (Å²) in [7, 11) is 0. The summed E-state index contributed by atoms with van der Waals surface area (Å²) < 4.78 is 2.09. The quantitative estimate of drug-likeness (QED) is 0.546. The molecule has 0 aliphatic rings. The van der Waals surface area contributed by atoms with Gasteiger partial charge < -0.3 is 0 Å². The van der Waals surface area contributed by atoms with Gasteiger partial charge in [0.05, 0.1) is 0 Å². The summed E-state index contributed by atoms with van der Waals surface area (Å²) in [6.45, 7) is 1.98. The van der Waals surface area contributed by atoms with E-state index >= 15 is 0 Å². The van der Waals surface area contributed by atoms with Gasteiger partial charge in [0.15, 0.2) is 5.82 Å². The molecule has 3 aromatic carbocycles. The smallest absolute Gasteiger partial charge is 0.168 e. The lowest BCUT2D eigenvalue weighted by atomic mass is 10.1. The standard InChI is InChI=1S/C19H15N3/c1-14-20-21-19(22(14)18-9-3-2-4-10-18)17-12-11-15-7-5-6-8-16(15)13-17/h2-13H,1H3. The van der Waals surface area contributed by atoms with E-state index in [0.29, 0.717) is 0 Å². The van der Waals surface area contributed by atoms with E-state index in [1.54, 1.807) is 0 Å². The van der Waals surface area contributed by atoms with E-state index in [-0.39, 0.29) is 0 Å². The van der Waals surface area contributed by atoms with E-state index in [2.05, 4.69) is 69.4 Å². The number of fused-ring (bicyclic) bond motifs is 1.